The fourth-order valence-electron chi connectivity index (χ4n) is 3.56. The lowest BCUT2D eigenvalue weighted by Gasteiger charge is -2.36. The van der Waals surface area contributed by atoms with Crippen molar-refractivity contribution in [2.45, 2.75) is 39.5 Å². The summed E-state index contributed by atoms with van der Waals surface area (Å²) in [5.74, 6) is -0.211. The van der Waals surface area contributed by atoms with Crippen LogP contribution in [0.3, 0.4) is 0 Å². The third kappa shape index (κ3) is 4.21. The Balaban J connectivity index is 1.60. The molecule has 0 aromatic carbocycles. The van der Waals surface area contributed by atoms with E-state index >= 15 is 0 Å². The first-order valence-corrected chi connectivity index (χ1v) is 9.20. The van der Waals surface area contributed by atoms with Gasteiger partial charge in [0.2, 0.25) is 5.91 Å². The average molecular weight is 398 g/mol. The zero-order chi connectivity index (χ0) is 20.6. The van der Waals surface area contributed by atoms with Gasteiger partial charge in [-0.3, -0.25) is 19.1 Å². The predicted molar refractivity (Wildman–Crippen MR) is 96.5 cm³/mol. The lowest BCUT2D eigenvalue weighted by molar-refractivity contribution is -0.143. The molecular formula is C18H25F3N6O. The number of aromatic nitrogens is 4. The van der Waals surface area contributed by atoms with Gasteiger partial charge in [-0.15, -0.1) is 0 Å². The van der Waals surface area contributed by atoms with Crippen LogP contribution >= 0.6 is 0 Å². The van der Waals surface area contributed by atoms with E-state index in [1.165, 1.54) is 6.92 Å². The largest absolute Gasteiger partial charge is 0.435 e. The van der Waals surface area contributed by atoms with Crippen molar-refractivity contribution in [3.05, 3.63) is 34.9 Å². The molecule has 1 unspecified atom stereocenters. The van der Waals surface area contributed by atoms with E-state index in [9.17, 15) is 18.0 Å². The van der Waals surface area contributed by atoms with Crippen molar-refractivity contribution in [3.8, 4) is 0 Å². The van der Waals surface area contributed by atoms with Crippen LogP contribution in [0.4, 0.5) is 13.2 Å². The molecule has 0 bridgehead atoms. The zero-order valence-corrected chi connectivity index (χ0v) is 16.5. The van der Waals surface area contributed by atoms with E-state index in [0.29, 0.717) is 31.9 Å². The predicted octanol–water partition coefficient (Wildman–Crippen LogP) is 2.16. The van der Waals surface area contributed by atoms with Crippen molar-refractivity contribution in [2.75, 3.05) is 26.2 Å². The van der Waals surface area contributed by atoms with E-state index in [1.807, 2.05) is 20.2 Å². The summed E-state index contributed by atoms with van der Waals surface area (Å²) in [6.07, 6.45) is -2.53. The van der Waals surface area contributed by atoms with E-state index in [-0.39, 0.29) is 5.91 Å². The molecule has 0 spiro atoms. The number of hydrogen-bond acceptors (Lipinski definition) is 4. The number of amides is 1. The van der Waals surface area contributed by atoms with Crippen LogP contribution in [0.5, 0.6) is 0 Å². The Kier molecular flexibility index (Phi) is 5.51. The number of alkyl halides is 3. The van der Waals surface area contributed by atoms with Gasteiger partial charge in [-0.05, 0) is 26.8 Å². The topological polar surface area (TPSA) is 59.2 Å². The van der Waals surface area contributed by atoms with Crippen molar-refractivity contribution in [3.63, 3.8) is 0 Å². The van der Waals surface area contributed by atoms with Gasteiger partial charge in [-0.2, -0.15) is 23.4 Å². The lowest BCUT2D eigenvalue weighted by Crippen LogP contribution is -2.50. The molecule has 154 valence electrons. The smallest absolute Gasteiger partial charge is 0.338 e. The quantitative estimate of drug-likeness (QED) is 0.792. The molecule has 1 amide bonds. The summed E-state index contributed by atoms with van der Waals surface area (Å²) >= 11 is 0. The number of rotatable bonds is 4. The fourth-order valence-corrected chi connectivity index (χ4v) is 3.56. The Morgan fingerprint density at radius 2 is 1.82 bits per heavy atom. The normalized spacial score (nSPS) is 17.2. The SMILES string of the molecule is Cc1nn(C)cc1CN1CCN(C(=O)C(C)n2nc(C(F)(F)F)cc2C)CC1. The maximum Gasteiger partial charge on any atom is 0.435 e. The molecule has 3 rings (SSSR count). The van der Waals surface area contributed by atoms with Crippen LogP contribution in [0.1, 0.15) is 35.6 Å². The van der Waals surface area contributed by atoms with Gasteiger partial charge < -0.3 is 4.90 Å². The van der Waals surface area contributed by atoms with Crippen molar-refractivity contribution in [2.24, 2.45) is 7.05 Å². The van der Waals surface area contributed by atoms with E-state index in [1.54, 1.807) is 16.5 Å². The molecule has 1 fully saturated rings. The van der Waals surface area contributed by atoms with Gasteiger partial charge in [0.25, 0.3) is 0 Å². The minimum absolute atomic E-state index is 0.211. The monoisotopic (exact) mass is 398 g/mol. The maximum atomic E-state index is 12.9. The minimum atomic E-state index is -4.52. The van der Waals surface area contributed by atoms with Gasteiger partial charge in [0.05, 0.1) is 5.69 Å². The molecule has 1 aliphatic rings. The number of nitrogens with zero attached hydrogens (tertiary/aromatic N) is 6. The van der Waals surface area contributed by atoms with E-state index < -0.39 is 17.9 Å². The highest BCUT2D eigenvalue weighted by Crippen LogP contribution is 2.29. The van der Waals surface area contributed by atoms with Crippen LogP contribution in [0.2, 0.25) is 0 Å². The Hall–Kier alpha value is -2.36. The third-order valence-electron chi connectivity index (χ3n) is 5.13. The second-order valence-electron chi connectivity index (χ2n) is 7.30. The van der Waals surface area contributed by atoms with Crippen LogP contribution in [0.25, 0.3) is 0 Å². The molecule has 3 heterocycles. The standard InChI is InChI=1S/C18H25F3N6O/c1-12-9-16(18(19,20)21)23-27(12)14(3)17(28)26-7-5-25(6-8-26)11-15-10-24(4)22-13(15)2/h9-10,14H,5-8,11H2,1-4H3. The molecule has 1 atom stereocenters. The zero-order valence-electron chi connectivity index (χ0n) is 16.5. The highest BCUT2D eigenvalue weighted by Gasteiger charge is 2.36. The number of carbonyl (C=O) groups excluding carboxylic acids is 1. The molecule has 2 aromatic heterocycles. The number of halogens is 3. The Labute approximate surface area is 161 Å². The molecule has 2 aromatic rings. The Morgan fingerprint density at radius 3 is 2.32 bits per heavy atom. The fraction of sp³-hybridized carbons (Fsp3) is 0.611. The molecule has 1 saturated heterocycles. The summed E-state index contributed by atoms with van der Waals surface area (Å²) in [4.78, 5) is 16.7. The van der Waals surface area contributed by atoms with Gasteiger partial charge in [-0.1, -0.05) is 0 Å². The van der Waals surface area contributed by atoms with Crippen LogP contribution in [-0.2, 0) is 24.6 Å². The highest BCUT2D eigenvalue weighted by molar-refractivity contribution is 5.80. The summed E-state index contributed by atoms with van der Waals surface area (Å²) in [7, 11) is 1.88. The summed E-state index contributed by atoms with van der Waals surface area (Å²) < 4.78 is 41.6. The summed E-state index contributed by atoms with van der Waals surface area (Å²) in [5, 5.41) is 7.94. The van der Waals surface area contributed by atoms with Crippen molar-refractivity contribution < 1.29 is 18.0 Å². The molecule has 7 nitrogen and oxygen atoms in total. The van der Waals surface area contributed by atoms with Gasteiger partial charge in [0.1, 0.15) is 6.04 Å². The van der Waals surface area contributed by atoms with Gasteiger partial charge in [0, 0.05) is 57.2 Å². The van der Waals surface area contributed by atoms with Crippen LogP contribution < -0.4 is 0 Å². The minimum Gasteiger partial charge on any atom is -0.338 e. The van der Waals surface area contributed by atoms with E-state index in [0.717, 1.165) is 28.6 Å². The highest BCUT2D eigenvalue weighted by atomic mass is 19.4. The molecule has 0 radical (unpaired) electrons. The van der Waals surface area contributed by atoms with Crippen molar-refractivity contribution >= 4 is 5.91 Å². The third-order valence-corrected chi connectivity index (χ3v) is 5.13. The molecule has 0 aliphatic carbocycles. The number of hydrogen-bond donors (Lipinski definition) is 0. The number of piperazine rings is 1. The second-order valence-corrected chi connectivity index (χ2v) is 7.30. The lowest BCUT2D eigenvalue weighted by atomic mass is 10.2. The van der Waals surface area contributed by atoms with Gasteiger partial charge in [0.15, 0.2) is 5.69 Å². The molecular weight excluding hydrogens is 373 g/mol. The number of carbonyl (C=O) groups is 1. The van der Waals surface area contributed by atoms with Crippen LogP contribution in [-0.4, -0.2) is 61.4 Å². The molecule has 0 N–H and O–H groups in total. The maximum absolute atomic E-state index is 12.9. The van der Waals surface area contributed by atoms with Crippen LogP contribution in [0, 0.1) is 13.8 Å². The molecule has 10 heteroatoms. The van der Waals surface area contributed by atoms with Gasteiger partial charge in [-0.25, -0.2) is 0 Å². The Morgan fingerprint density at radius 1 is 1.18 bits per heavy atom. The summed E-state index contributed by atoms with van der Waals surface area (Å²) in [6, 6.07) is 0.195. The summed E-state index contributed by atoms with van der Waals surface area (Å²) in [5.41, 5.74) is 1.49. The first kappa shape index (κ1) is 20.4. The van der Waals surface area contributed by atoms with E-state index in [2.05, 4.69) is 15.1 Å². The van der Waals surface area contributed by atoms with E-state index in [4.69, 9.17) is 0 Å². The molecule has 0 saturated carbocycles. The van der Waals surface area contributed by atoms with Crippen LogP contribution in [0.15, 0.2) is 12.3 Å². The molecule has 1 aliphatic heterocycles. The Bertz CT molecular complexity index is 848. The first-order chi connectivity index (χ1) is 13.1. The summed E-state index contributed by atoms with van der Waals surface area (Å²) in [6.45, 7) is 8.35. The van der Waals surface area contributed by atoms with Gasteiger partial charge >= 0.3 is 6.18 Å². The molecule has 28 heavy (non-hydrogen) atoms. The van der Waals surface area contributed by atoms with Crippen molar-refractivity contribution in [1.29, 1.82) is 0 Å². The second kappa shape index (κ2) is 7.57. The first-order valence-electron chi connectivity index (χ1n) is 9.20. The average Bonchev–Trinajstić information content (AvgIpc) is 3.16. The van der Waals surface area contributed by atoms with Crippen molar-refractivity contribution in [1.82, 2.24) is 29.4 Å². The number of aryl methyl sites for hydroxylation is 3.